The molecule has 1 fully saturated rings. The fraction of sp³-hybridized carbons (Fsp3) is 0.857. The minimum atomic E-state index is -0.614. The summed E-state index contributed by atoms with van der Waals surface area (Å²) in [5, 5.41) is 9.90. The third kappa shape index (κ3) is 6.72. The largest absolute Gasteiger partial charge is 0.384 e. The predicted molar refractivity (Wildman–Crippen MR) is 161 cm³/mol. The zero-order valence-corrected chi connectivity index (χ0v) is 27.5. The third-order valence-electron chi connectivity index (χ3n) is 11.7. The van der Waals surface area contributed by atoms with Crippen LogP contribution in [0.2, 0.25) is 0 Å². The molecule has 2 aliphatic carbocycles. The standard InChI is InChI=1S/C35H59NO3/c1-13-15-30(3,4)17-19-33(9,24-39-12)20-18-31(5,6)35(11)16-14-27-32(7,8)29(38)26(23-36)22-34(27,10)28(35)21-25(2)37/h22,27-28H,13-21,24H2,1-12H3/t27-,28+,33-,34-,35+/m0/s1. The second kappa shape index (κ2) is 11.8. The zero-order chi connectivity index (χ0) is 30.1. The number of nitriles is 1. The van der Waals surface area contributed by atoms with Crippen molar-refractivity contribution in [1.29, 1.82) is 5.26 Å². The Bertz CT molecular complexity index is 982. The number of Topliss-reactive ketones (excluding diaryl/α,β-unsaturated/α-hetero) is 2. The van der Waals surface area contributed by atoms with Crippen LogP contribution in [0, 0.1) is 55.7 Å². The van der Waals surface area contributed by atoms with Gasteiger partial charge in [-0.15, -0.1) is 0 Å². The summed E-state index contributed by atoms with van der Waals surface area (Å²) in [5.74, 6) is 0.317. The maximum absolute atomic E-state index is 13.2. The summed E-state index contributed by atoms with van der Waals surface area (Å²) >= 11 is 0. The molecule has 0 aromatic heterocycles. The summed E-state index contributed by atoms with van der Waals surface area (Å²) in [6.07, 6.45) is 11.3. The maximum atomic E-state index is 13.2. The van der Waals surface area contributed by atoms with Crippen molar-refractivity contribution in [1.82, 2.24) is 0 Å². The molecule has 5 atom stereocenters. The van der Waals surface area contributed by atoms with E-state index in [-0.39, 0.29) is 45.2 Å². The number of hydrogen-bond acceptors (Lipinski definition) is 4. The van der Waals surface area contributed by atoms with E-state index >= 15 is 0 Å². The van der Waals surface area contributed by atoms with Crippen molar-refractivity contribution in [3.05, 3.63) is 11.6 Å². The lowest BCUT2D eigenvalue weighted by Crippen LogP contribution is -2.60. The summed E-state index contributed by atoms with van der Waals surface area (Å²) < 4.78 is 5.77. The van der Waals surface area contributed by atoms with E-state index in [9.17, 15) is 14.9 Å². The fourth-order valence-electron chi connectivity index (χ4n) is 8.67. The Labute approximate surface area is 240 Å². The Morgan fingerprint density at radius 3 is 2.15 bits per heavy atom. The number of methoxy groups -OCH3 is 1. The number of ketones is 2. The van der Waals surface area contributed by atoms with Gasteiger partial charge in [0, 0.05) is 18.9 Å². The van der Waals surface area contributed by atoms with Crippen molar-refractivity contribution in [3.8, 4) is 6.07 Å². The Hall–Kier alpha value is -1.47. The lowest BCUT2D eigenvalue weighted by molar-refractivity contribution is -0.156. The van der Waals surface area contributed by atoms with Crippen molar-refractivity contribution in [2.24, 2.45) is 44.3 Å². The van der Waals surface area contributed by atoms with Gasteiger partial charge in [0.05, 0.1) is 12.2 Å². The van der Waals surface area contributed by atoms with Gasteiger partial charge < -0.3 is 9.53 Å². The normalized spacial score (nSPS) is 30.6. The molecule has 2 aliphatic rings. The summed E-state index contributed by atoms with van der Waals surface area (Å²) in [5.41, 5.74) is -0.459. The van der Waals surface area contributed by atoms with E-state index in [4.69, 9.17) is 4.74 Å². The Balaban J connectivity index is 2.46. The van der Waals surface area contributed by atoms with Gasteiger partial charge in [0.1, 0.15) is 11.9 Å². The highest BCUT2D eigenvalue weighted by molar-refractivity contribution is 6.04. The third-order valence-corrected chi connectivity index (χ3v) is 11.7. The van der Waals surface area contributed by atoms with Gasteiger partial charge >= 0.3 is 0 Å². The van der Waals surface area contributed by atoms with Gasteiger partial charge in [0.25, 0.3) is 0 Å². The molecule has 4 nitrogen and oxygen atoms in total. The fourth-order valence-corrected chi connectivity index (χ4v) is 8.67. The van der Waals surface area contributed by atoms with Crippen LogP contribution in [-0.2, 0) is 14.3 Å². The highest BCUT2D eigenvalue weighted by Gasteiger charge is 2.63. The molecule has 0 bridgehead atoms. The first kappa shape index (κ1) is 33.7. The quantitative estimate of drug-likeness (QED) is 0.233. The number of rotatable bonds is 13. The summed E-state index contributed by atoms with van der Waals surface area (Å²) in [7, 11) is 1.82. The lowest BCUT2D eigenvalue weighted by Gasteiger charge is -2.64. The molecular formula is C35H59NO3. The molecule has 0 heterocycles. The molecule has 1 saturated carbocycles. The van der Waals surface area contributed by atoms with E-state index in [1.54, 1.807) is 6.92 Å². The molecule has 4 heteroatoms. The Kier molecular flexibility index (Phi) is 10.2. The first-order chi connectivity index (χ1) is 17.7. The van der Waals surface area contributed by atoms with Gasteiger partial charge in [-0.05, 0) is 90.8 Å². The van der Waals surface area contributed by atoms with E-state index < -0.39 is 10.8 Å². The Morgan fingerprint density at radius 2 is 1.64 bits per heavy atom. The van der Waals surface area contributed by atoms with Gasteiger partial charge in [0.15, 0.2) is 5.78 Å². The van der Waals surface area contributed by atoms with E-state index in [1.807, 2.05) is 27.0 Å². The summed E-state index contributed by atoms with van der Waals surface area (Å²) in [4.78, 5) is 26.0. The van der Waals surface area contributed by atoms with Crippen molar-refractivity contribution >= 4 is 11.6 Å². The predicted octanol–water partition coefficient (Wildman–Crippen LogP) is 9.13. The molecule has 39 heavy (non-hydrogen) atoms. The second-order valence-corrected chi connectivity index (χ2v) is 16.1. The molecule has 222 valence electrons. The molecule has 0 aromatic rings. The SMILES string of the molecule is CCCC(C)(C)CC[C@@](C)(CCC(C)(C)[C@]1(C)CC[C@H]2C(C)(C)C(=O)C(C#N)=C[C@]2(C)[C@H]1CC(C)=O)COC. The number of ether oxygens (including phenoxy) is 1. The molecule has 0 N–H and O–H groups in total. The molecule has 0 aromatic carbocycles. The van der Waals surface area contributed by atoms with Gasteiger partial charge in [0.2, 0.25) is 0 Å². The van der Waals surface area contributed by atoms with E-state index in [0.717, 1.165) is 38.7 Å². The van der Waals surface area contributed by atoms with Crippen LogP contribution in [0.3, 0.4) is 0 Å². The van der Waals surface area contributed by atoms with Crippen LogP contribution in [-0.4, -0.2) is 25.3 Å². The molecule has 0 amide bonds. The molecule has 2 rings (SSSR count). The minimum absolute atomic E-state index is 0.0404. The smallest absolute Gasteiger partial charge is 0.178 e. The van der Waals surface area contributed by atoms with Gasteiger partial charge in [-0.2, -0.15) is 5.26 Å². The number of hydrogen-bond donors (Lipinski definition) is 0. The van der Waals surface area contributed by atoms with Gasteiger partial charge in [-0.1, -0.05) is 81.7 Å². The number of fused-ring (bicyclic) bond motifs is 1. The first-order valence-corrected chi connectivity index (χ1v) is 15.4. The molecule has 0 radical (unpaired) electrons. The number of carbonyl (C=O) groups is 2. The van der Waals surface area contributed by atoms with Crippen LogP contribution in [0.15, 0.2) is 11.6 Å². The monoisotopic (exact) mass is 541 g/mol. The van der Waals surface area contributed by atoms with Crippen LogP contribution in [0.4, 0.5) is 0 Å². The summed E-state index contributed by atoms with van der Waals surface area (Å²) in [6, 6.07) is 2.21. The number of allylic oxidation sites excluding steroid dienone is 2. The maximum Gasteiger partial charge on any atom is 0.178 e. The lowest BCUT2D eigenvalue weighted by atomic mass is 9.39. The zero-order valence-electron chi connectivity index (χ0n) is 27.5. The second-order valence-electron chi connectivity index (χ2n) is 16.1. The molecule has 0 saturated heterocycles. The number of carbonyl (C=O) groups excluding carboxylic acids is 2. The number of nitrogens with zero attached hydrogens (tertiary/aromatic N) is 1. The first-order valence-electron chi connectivity index (χ1n) is 15.4. The van der Waals surface area contributed by atoms with Crippen LogP contribution >= 0.6 is 0 Å². The minimum Gasteiger partial charge on any atom is -0.384 e. The molecular weight excluding hydrogens is 482 g/mol. The van der Waals surface area contributed by atoms with Crippen LogP contribution in [0.1, 0.15) is 134 Å². The van der Waals surface area contributed by atoms with Crippen molar-refractivity contribution < 1.29 is 14.3 Å². The average molecular weight is 542 g/mol. The molecule has 0 aliphatic heterocycles. The molecule has 0 unspecified atom stereocenters. The van der Waals surface area contributed by atoms with Crippen LogP contribution < -0.4 is 0 Å². The van der Waals surface area contributed by atoms with Gasteiger partial charge in [-0.3, -0.25) is 4.79 Å². The van der Waals surface area contributed by atoms with Crippen molar-refractivity contribution in [2.75, 3.05) is 13.7 Å². The van der Waals surface area contributed by atoms with Crippen LogP contribution in [0.25, 0.3) is 0 Å². The Morgan fingerprint density at radius 1 is 1.05 bits per heavy atom. The van der Waals surface area contributed by atoms with E-state index in [0.29, 0.717) is 11.8 Å². The molecule has 0 spiro atoms. The van der Waals surface area contributed by atoms with Crippen LogP contribution in [0.5, 0.6) is 0 Å². The van der Waals surface area contributed by atoms with E-state index in [1.165, 1.54) is 19.3 Å². The topological polar surface area (TPSA) is 67.2 Å². The summed E-state index contributed by atoms with van der Waals surface area (Å²) in [6.45, 7) is 25.3. The van der Waals surface area contributed by atoms with Gasteiger partial charge in [-0.25, -0.2) is 0 Å². The highest BCUT2D eigenvalue weighted by atomic mass is 16.5. The highest BCUT2D eigenvalue weighted by Crippen LogP contribution is 2.68. The van der Waals surface area contributed by atoms with Crippen molar-refractivity contribution in [3.63, 3.8) is 0 Å². The van der Waals surface area contributed by atoms with E-state index in [2.05, 4.69) is 61.5 Å². The average Bonchev–Trinajstić information content (AvgIpc) is 2.81. The van der Waals surface area contributed by atoms with Crippen molar-refractivity contribution in [2.45, 2.75) is 134 Å².